The third kappa shape index (κ3) is 2.76. The Labute approximate surface area is 145 Å². The Hall–Kier alpha value is -0.850. The smallest absolute Gasteiger partial charge is 0.141 e. The molecule has 2 aromatic carbocycles. The van der Waals surface area contributed by atoms with E-state index in [1.807, 2.05) is 29.7 Å². The third-order valence-corrected chi connectivity index (χ3v) is 4.32. The van der Waals surface area contributed by atoms with Gasteiger partial charge in [0.1, 0.15) is 11.6 Å². The monoisotopic (exact) mass is 434 g/mol. The summed E-state index contributed by atoms with van der Waals surface area (Å²) in [6.07, 6.45) is 0. The fraction of sp³-hybridized carbons (Fsp3) is 0.133. The summed E-state index contributed by atoms with van der Waals surface area (Å²) in [7, 11) is 0. The van der Waals surface area contributed by atoms with Crippen molar-refractivity contribution < 1.29 is 4.39 Å². The van der Waals surface area contributed by atoms with Crippen LogP contribution in [-0.2, 0) is 0 Å². The zero-order valence-electron chi connectivity index (χ0n) is 10.9. The topological polar surface area (TPSA) is 17.8 Å². The fourth-order valence-electron chi connectivity index (χ4n) is 2.23. The van der Waals surface area contributed by atoms with E-state index in [2.05, 4.69) is 27.6 Å². The van der Waals surface area contributed by atoms with Crippen LogP contribution in [0.25, 0.3) is 16.7 Å². The van der Waals surface area contributed by atoms with Crippen LogP contribution in [0.5, 0.6) is 0 Å². The normalized spacial score (nSPS) is 12.8. The van der Waals surface area contributed by atoms with Crippen molar-refractivity contribution in [1.82, 2.24) is 9.55 Å². The predicted molar refractivity (Wildman–Crippen MR) is 93.0 cm³/mol. The molecule has 1 atom stereocenters. The molecule has 1 aromatic heterocycles. The highest BCUT2D eigenvalue weighted by molar-refractivity contribution is 14.1. The van der Waals surface area contributed by atoms with Gasteiger partial charge in [-0.2, -0.15) is 0 Å². The summed E-state index contributed by atoms with van der Waals surface area (Å²) in [6, 6.07) is 10.6. The molecule has 1 unspecified atom stereocenters. The number of imidazole rings is 1. The maximum atomic E-state index is 13.4. The van der Waals surface area contributed by atoms with Crippen LogP contribution >= 0.6 is 45.8 Å². The van der Waals surface area contributed by atoms with Crippen molar-refractivity contribution >= 4 is 56.8 Å². The van der Waals surface area contributed by atoms with E-state index in [4.69, 9.17) is 23.2 Å². The van der Waals surface area contributed by atoms with Gasteiger partial charge in [0.15, 0.2) is 0 Å². The van der Waals surface area contributed by atoms with Gasteiger partial charge >= 0.3 is 0 Å². The minimum absolute atomic E-state index is 0.0769. The third-order valence-electron chi connectivity index (χ3n) is 3.16. The molecule has 0 bridgehead atoms. The lowest BCUT2D eigenvalue weighted by molar-refractivity contribution is 0.627. The van der Waals surface area contributed by atoms with E-state index >= 15 is 0 Å². The summed E-state index contributed by atoms with van der Waals surface area (Å²) >= 11 is 14.4. The van der Waals surface area contributed by atoms with Crippen molar-refractivity contribution in [2.45, 2.75) is 12.3 Å². The molecule has 0 saturated carbocycles. The van der Waals surface area contributed by atoms with Gasteiger partial charge in [0.25, 0.3) is 0 Å². The summed E-state index contributed by atoms with van der Waals surface area (Å²) < 4.78 is 16.4. The van der Waals surface area contributed by atoms with Crippen molar-refractivity contribution in [2.75, 3.05) is 0 Å². The van der Waals surface area contributed by atoms with Gasteiger partial charge in [-0.15, -0.1) is 11.6 Å². The van der Waals surface area contributed by atoms with Crippen LogP contribution in [0.1, 0.15) is 18.1 Å². The summed E-state index contributed by atoms with van der Waals surface area (Å²) in [6.45, 7) is 1.86. The standard InChI is InChI=1S/C15H10Cl2FIN2/c1-8(16)15-20-13-6-9(19)2-5-14(13)21(15)10-3-4-12(18)11(17)7-10/h2-8H,1H3. The molecule has 0 N–H and O–H groups in total. The summed E-state index contributed by atoms with van der Waals surface area (Å²) in [5.74, 6) is 0.260. The number of hydrogen-bond acceptors (Lipinski definition) is 1. The average molecular weight is 435 g/mol. The molecule has 0 aliphatic rings. The minimum atomic E-state index is -0.445. The Kier molecular flexibility index (Phi) is 4.12. The highest BCUT2D eigenvalue weighted by atomic mass is 127. The molecule has 0 aliphatic heterocycles. The molecule has 6 heteroatoms. The molecule has 2 nitrogen and oxygen atoms in total. The van der Waals surface area contributed by atoms with Gasteiger partial charge in [-0.1, -0.05) is 11.6 Å². The molecule has 3 rings (SSSR count). The molecule has 0 radical (unpaired) electrons. The van der Waals surface area contributed by atoms with Gasteiger partial charge in [-0.05, 0) is 65.9 Å². The number of rotatable bonds is 2. The van der Waals surface area contributed by atoms with E-state index in [0.29, 0.717) is 5.82 Å². The first-order valence-electron chi connectivity index (χ1n) is 6.25. The van der Waals surface area contributed by atoms with Crippen molar-refractivity contribution in [3.8, 4) is 5.69 Å². The first-order chi connectivity index (χ1) is 9.97. The molecular formula is C15H10Cl2FIN2. The highest BCUT2D eigenvalue weighted by Crippen LogP contribution is 2.30. The number of alkyl halides is 1. The second kappa shape index (κ2) is 5.74. The van der Waals surface area contributed by atoms with Crippen LogP contribution in [0.2, 0.25) is 5.02 Å². The number of aromatic nitrogens is 2. The van der Waals surface area contributed by atoms with Gasteiger partial charge in [0, 0.05) is 9.26 Å². The van der Waals surface area contributed by atoms with Crippen molar-refractivity contribution in [3.63, 3.8) is 0 Å². The highest BCUT2D eigenvalue weighted by Gasteiger charge is 2.17. The van der Waals surface area contributed by atoms with E-state index in [0.717, 1.165) is 20.3 Å². The SMILES string of the molecule is CC(Cl)c1nc2cc(I)ccc2n1-c1ccc(F)c(Cl)c1. The Bertz CT molecular complexity index is 830. The van der Waals surface area contributed by atoms with Gasteiger partial charge in [-0.3, -0.25) is 4.57 Å². The van der Waals surface area contributed by atoms with E-state index in [9.17, 15) is 4.39 Å². The summed E-state index contributed by atoms with van der Waals surface area (Å²) in [5, 5.41) is -0.202. The largest absolute Gasteiger partial charge is 0.295 e. The molecule has 108 valence electrons. The quantitative estimate of drug-likeness (QED) is 0.372. The van der Waals surface area contributed by atoms with Gasteiger partial charge < -0.3 is 0 Å². The first-order valence-corrected chi connectivity index (χ1v) is 8.14. The number of fused-ring (bicyclic) bond motifs is 1. The summed E-state index contributed by atoms with van der Waals surface area (Å²) in [5.41, 5.74) is 2.51. The van der Waals surface area contributed by atoms with Gasteiger partial charge in [-0.25, -0.2) is 9.37 Å². The van der Waals surface area contributed by atoms with Crippen LogP contribution in [0.4, 0.5) is 4.39 Å². The molecule has 0 saturated heterocycles. The Morgan fingerprint density at radius 2 is 2.00 bits per heavy atom. The maximum Gasteiger partial charge on any atom is 0.141 e. The minimum Gasteiger partial charge on any atom is -0.295 e. The van der Waals surface area contributed by atoms with Gasteiger partial charge in [0.05, 0.1) is 21.4 Å². The maximum absolute atomic E-state index is 13.4. The number of hydrogen-bond donors (Lipinski definition) is 0. The number of benzene rings is 2. The van der Waals surface area contributed by atoms with Crippen molar-refractivity contribution in [3.05, 3.63) is 56.6 Å². The number of nitrogens with zero attached hydrogens (tertiary/aromatic N) is 2. The fourth-order valence-corrected chi connectivity index (χ4v) is 3.03. The molecule has 0 fully saturated rings. The van der Waals surface area contributed by atoms with Crippen molar-refractivity contribution in [2.24, 2.45) is 0 Å². The second-order valence-electron chi connectivity index (χ2n) is 4.65. The first kappa shape index (κ1) is 15.1. The van der Waals surface area contributed by atoms with E-state index < -0.39 is 5.82 Å². The Morgan fingerprint density at radius 3 is 2.67 bits per heavy atom. The van der Waals surface area contributed by atoms with E-state index in [-0.39, 0.29) is 10.4 Å². The summed E-state index contributed by atoms with van der Waals surface area (Å²) in [4.78, 5) is 4.59. The van der Waals surface area contributed by atoms with Crippen LogP contribution in [0.3, 0.4) is 0 Å². The van der Waals surface area contributed by atoms with Crippen LogP contribution in [0, 0.1) is 9.39 Å². The Morgan fingerprint density at radius 1 is 1.24 bits per heavy atom. The molecule has 21 heavy (non-hydrogen) atoms. The molecular weight excluding hydrogens is 425 g/mol. The molecule has 3 aromatic rings. The Balaban J connectivity index is 2.33. The number of halogens is 4. The van der Waals surface area contributed by atoms with Crippen LogP contribution in [-0.4, -0.2) is 9.55 Å². The average Bonchev–Trinajstić information content (AvgIpc) is 2.80. The van der Waals surface area contributed by atoms with Crippen LogP contribution in [0.15, 0.2) is 36.4 Å². The van der Waals surface area contributed by atoms with Gasteiger partial charge in [0.2, 0.25) is 0 Å². The second-order valence-corrected chi connectivity index (χ2v) is 6.96. The molecule has 0 amide bonds. The lowest BCUT2D eigenvalue weighted by atomic mass is 10.2. The van der Waals surface area contributed by atoms with Crippen molar-refractivity contribution in [1.29, 1.82) is 0 Å². The van der Waals surface area contributed by atoms with Crippen LogP contribution < -0.4 is 0 Å². The lowest BCUT2D eigenvalue weighted by Crippen LogP contribution is -2.02. The zero-order chi connectivity index (χ0) is 15.1. The lowest BCUT2D eigenvalue weighted by Gasteiger charge is -2.11. The predicted octanol–water partition coefficient (Wildman–Crippen LogP) is 5.72. The van der Waals surface area contributed by atoms with E-state index in [1.54, 1.807) is 12.1 Å². The molecule has 0 spiro atoms. The molecule has 1 heterocycles. The molecule has 0 aliphatic carbocycles. The zero-order valence-corrected chi connectivity index (χ0v) is 14.6. The van der Waals surface area contributed by atoms with E-state index in [1.165, 1.54) is 6.07 Å².